The molecular formula is C14H19NO5. The molecule has 0 aliphatic carbocycles. The van der Waals surface area contributed by atoms with Crippen molar-refractivity contribution >= 4 is 5.69 Å². The van der Waals surface area contributed by atoms with Gasteiger partial charge in [0, 0.05) is 17.7 Å². The van der Waals surface area contributed by atoms with Crippen molar-refractivity contribution in [1.29, 1.82) is 0 Å². The molecule has 1 aromatic rings. The molecule has 0 spiro atoms. The summed E-state index contributed by atoms with van der Waals surface area (Å²) in [5.41, 5.74) is 0.236. The van der Waals surface area contributed by atoms with Crippen LogP contribution in [-0.2, 0) is 11.3 Å². The van der Waals surface area contributed by atoms with Gasteiger partial charge in [0.15, 0.2) is 0 Å². The van der Waals surface area contributed by atoms with Gasteiger partial charge in [-0.2, -0.15) is 0 Å². The zero-order valence-corrected chi connectivity index (χ0v) is 11.7. The second-order valence-corrected chi connectivity index (χ2v) is 5.56. The molecule has 6 heteroatoms. The molecule has 2 rings (SSSR count). The van der Waals surface area contributed by atoms with Gasteiger partial charge in [-0.15, -0.1) is 0 Å². The second kappa shape index (κ2) is 5.76. The molecule has 1 saturated heterocycles. The molecule has 6 nitrogen and oxygen atoms in total. The molecule has 0 amide bonds. The van der Waals surface area contributed by atoms with Gasteiger partial charge in [-0.25, -0.2) is 0 Å². The summed E-state index contributed by atoms with van der Waals surface area (Å²) >= 11 is 0. The lowest BCUT2D eigenvalue weighted by atomic mass is 10.1. The Morgan fingerprint density at radius 2 is 2.30 bits per heavy atom. The summed E-state index contributed by atoms with van der Waals surface area (Å²) in [6.07, 6.45) is 1.93. The number of benzene rings is 1. The lowest BCUT2D eigenvalue weighted by Gasteiger charge is -2.19. The number of nitrogens with zero attached hydrogens (tertiary/aromatic N) is 1. The molecule has 1 aliphatic rings. The Morgan fingerprint density at radius 3 is 2.85 bits per heavy atom. The lowest BCUT2D eigenvalue weighted by Crippen LogP contribution is -2.24. The highest BCUT2D eigenvalue weighted by molar-refractivity contribution is 5.43. The standard InChI is InChI=1S/C14H19NO5/c1-14(2)6-5-12(20-14)9-19-13-4-3-11(15(17)18)7-10(13)8-16/h3-4,7,12,16H,5-6,8-9H2,1-2H3. The van der Waals surface area contributed by atoms with Gasteiger partial charge in [-0.1, -0.05) is 0 Å². The van der Waals surface area contributed by atoms with Crippen LogP contribution >= 0.6 is 0 Å². The molecule has 1 N–H and O–H groups in total. The van der Waals surface area contributed by atoms with E-state index in [4.69, 9.17) is 9.47 Å². The van der Waals surface area contributed by atoms with E-state index in [1.54, 1.807) is 0 Å². The van der Waals surface area contributed by atoms with Crippen molar-refractivity contribution in [3.8, 4) is 5.75 Å². The van der Waals surface area contributed by atoms with Gasteiger partial charge < -0.3 is 14.6 Å². The first-order valence-electron chi connectivity index (χ1n) is 6.60. The SMILES string of the molecule is CC1(C)CCC(COc2ccc([N+](=O)[O-])cc2CO)O1. The van der Waals surface area contributed by atoms with Crippen LogP contribution in [0.1, 0.15) is 32.3 Å². The summed E-state index contributed by atoms with van der Waals surface area (Å²) in [5, 5.41) is 19.9. The fourth-order valence-electron chi connectivity index (χ4n) is 2.32. The van der Waals surface area contributed by atoms with Crippen LogP contribution in [0, 0.1) is 10.1 Å². The monoisotopic (exact) mass is 281 g/mol. The molecule has 110 valence electrons. The summed E-state index contributed by atoms with van der Waals surface area (Å²) in [6.45, 7) is 4.17. The maximum atomic E-state index is 10.7. The molecule has 0 saturated carbocycles. The van der Waals surface area contributed by atoms with Crippen molar-refractivity contribution in [1.82, 2.24) is 0 Å². The summed E-state index contributed by atoms with van der Waals surface area (Å²) < 4.78 is 11.4. The molecule has 1 atom stereocenters. The van der Waals surface area contributed by atoms with Gasteiger partial charge in [0.05, 0.1) is 23.2 Å². The number of non-ortho nitro benzene ring substituents is 1. The smallest absolute Gasteiger partial charge is 0.270 e. The number of aliphatic hydroxyl groups is 1. The van der Waals surface area contributed by atoms with E-state index in [1.165, 1.54) is 18.2 Å². The fourth-order valence-corrected chi connectivity index (χ4v) is 2.32. The topological polar surface area (TPSA) is 81.8 Å². The maximum Gasteiger partial charge on any atom is 0.270 e. The van der Waals surface area contributed by atoms with E-state index >= 15 is 0 Å². The number of hydrogen-bond donors (Lipinski definition) is 1. The third kappa shape index (κ3) is 3.46. The van der Waals surface area contributed by atoms with E-state index in [-0.39, 0.29) is 24.0 Å². The Labute approximate surface area is 117 Å². The minimum atomic E-state index is -0.495. The third-order valence-corrected chi connectivity index (χ3v) is 3.40. The highest BCUT2D eigenvalue weighted by Gasteiger charge is 2.32. The summed E-state index contributed by atoms with van der Waals surface area (Å²) in [4.78, 5) is 10.2. The van der Waals surface area contributed by atoms with Gasteiger partial charge in [0.2, 0.25) is 0 Å². The summed E-state index contributed by atoms with van der Waals surface area (Å²) in [6, 6.07) is 4.21. The Bertz CT molecular complexity index is 500. The van der Waals surface area contributed by atoms with E-state index in [0.717, 1.165) is 12.8 Å². The number of ether oxygens (including phenoxy) is 2. The minimum Gasteiger partial charge on any atom is -0.491 e. The fraction of sp³-hybridized carbons (Fsp3) is 0.571. The molecule has 1 unspecified atom stereocenters. The molecule has 1 aliphatic heterocycles. The van der Waals surface area contributed by atoms with Crippen molar-refractivity contribution in [2.24, 2.45) is 0 Å². The number of nitro groups is 1. The van der Waals surface area contributed by atoms with Crippen LogP contribution in [0.2, 0.25) is 0 Å². The highest BCUT2D eigenvalue weighted by atomic mass is 16.6. The molecule has 1 aromatic carbocycles. The van der Waals surface area contributed by atoms with Crippen LogP contribution in [0.4, 0.5) is 5.69 Å². The van der Waals surface area contributed by atoms with E-state index < -0.39 is 4.92 Å². The van der Waals surface area contributed by atoms with Crippen LogP contribution in [0.25, 0.3) is 0 Å². The molecule has 0 bridgehead atoms. The zero-order valence-electron chi connectivity index (χ0n) is 11.7. The molecule has 0 aromatic heterocycles. The summed E-state index contributed by atoms with van der Waals surface area (Å²) in [7, 11) is 0. The quantitative estimate of drug-likeness (QED) is 0.662. The number of nitro benzene ring substituents is 1. The first-order chi connectivity index (χ1) is 9.41. The van der Waals surface area contributed by atoms with Crippen molar-refractivity contribution in [2.75, 3.05) is 6.61 Å². The van der Waals surface area contributed by atoms with Gasteiger partial charge in [-0.05, 0) is 32.8 Å². The van der Waals surface area contributed by atoms with Crippen LogP contribution < -0.4 is 4.74 Å². The van der Waals surface area contributed by atoms with Crippen molar-refractivity contribution in [3.63, 3.8) is 0 Å². The van der Waals surface area contributed by atoms with Crippen LogP contribution in [0.15, 0.2) is 18.2 Å². The third-order valence-electron chi connectivity index (χ3n) is 3.40. The lowest BCUT2D eigenvalue weighted by molar-refractivity contribution is -0.385. The van der Waals surface area contributed by atoms with E-state index in [1.807, 2.05) is 13.8 Å². The maximum absolute atomic E-state index is 10.7. The molecule has 20 heavy (non-hydrogen) atoms. The van der Waals surface area contributed by atoms with Crippen LogP contribution in [0.3, 0.4) is 0 Å². The van der Waals surface area contributed by atoms with Crippen molar-refractivity contribution in [2.45, 2.75) is 45.0 Å². The normalized spacial score (nSPS) is 20.9. The average Bonchev–Trinajstić information content (AvgIpc) is 2.75. The van der Waals surface area contributed by atoms with Gasteiger partial charge in [0.25, 0.3) is 5.69 Å². The largest absolute Gasteiger partial charge is 0.491 e. The van der Waals surface area contributed by atoms with E-state index in [2.05, 4.69) is 0 Å². The van der Waals surface area contributed by atoms with Gasteiger partial charge in [-0.3, -0.25) is 10.1 Å². The number of aliphatic hydroxyl groups excluding tert-OH is 1. The predicted molar refractivity (Wildman–Crippen MR) is 72.7 cm³/mol. The Kier molecular flexibility index (Phi) is 4.25. The van der Waals surface area contributed by atoms with Crippen molar-refractivity contribution < 1.29 is 19.5 Å². The Balaban J connectivity index is 2.01. The number of rotatable bonds is 5. The van der Waals surface area contributed by atoms with E-state index in [9.17, 15) is 15.2 Å². The Morgan fingerprint density at radius 1 is 1.55 bits per heavy atom. The molecule has 1 fully saturated rings. The number of hydrogen-bond acceptors (Lipinski definition) is 5. The molecule has 1 heterocycles. The second-order valence-electron chi connectivity index (χ2n) is 5.56. The van der Waals surface area contributed by atoms with Gasteiger partial charge in [0.1, 0.15) is 12.4 Å². The average molecular weight is 281 g/mol. The molecular weight excluding hydrogens is 262 g/mol. The first-order valence-corrected chi connectivity index (χ1v) is 6.60. The van der Waals surface area contributed by atoms with Gasteiger partial charge >= 0.3 is 0 Å². The predicted octanol–water partition coefficient (Wildman–Crippen LogP) is 2.42. The Hall–Kier alpha value is -1.66. The first kappa shape index (κ1) is 14.7. The zero-order chi connectivity index (χ0) is 14.8. The van der Waals surface area contributed by atoms with Crippen molar-refractivity contribution in [3.05, 3.63) is 33.9 Å². The summed E-state index contributed by atoms with van der Waals surface area (Å²) in [5.74, 6) is 0.464. The van der Waals surface area contributed by atoms with Crippen LogP contribution in [0.5, 0.6) is 5.75 Å². The minimum absolute atomic E-state index is 0.0201. The van der Waals surface area contributed by atoms with Crippen LogP contribution in [-0.4, -0.2) is 28.3 Å². The molecule has 0 radical (unpaired) electrons. The highest BCUT2D eigenvalue weighted by Crippen LogP contribution is 2.30. The van der Waals surface area contributed by atoms with E-state index in [0.29, 0.717) is 17.9 Å².